The average Bonchev–Trinajstić information content (AvgIpc) is 3.45. The number of anilines is 1. The lowest BCUT2D eigenvalue weighted by Gasteiger charge is -2.45. The third-order valence-corrected chi connectivity index (χ3v) is 7.24. The number of amides is 1. The van der Waals surface area contributed by atoms with Gasteiger partial charge in [0.1, 0.15) is 21.3 Å². The summed E-state index contributed by atoms with van der Waals surface area (Å²) in [4.78, 5) is 36.8. The van der Waals surface area contributed by atoms with Crippen LogP contribution in [0, 0.1) is 5.41 Å². The second-order valence-corrected chi connectivity index (χ2v) is 10.6. The minimum absolute atomic E-state index is 0.0959. The average molecular weight is 477 g/mol. The number of thiazole rings is 1. The number of aromatic amines is 1. The first-order valence-electron chi connectivity index (χ1n) is 11.2. The predicted octanol–water partition coefficient (Wildman–Crippen LogP) is 2.95. The van der Waals surface area contributed by atoms with Crippen molar-refractivity contribution in [3.05, 3.63) is 41.1 Å². The quantitative estimate of drug-likeness (QED) is 0.403. The van der Waals surface area contributed by atoms with Crippen molar-refractivity contribution in [1.29, 1.82) is 0 Å². The Morgan fingerprint density at radius 1 is 1.29 bits per heavy atom. The molecule has 1 aliphatic heterocycles. The van der Waals surface area contributed by atoms with Crippen LogP contribution in [0.1, 0.15) is 20.8 Å². The Balaban J connectivity index is 1.33. The third-order valence-electron chi connectivity index (χ3n) is 6.12. The van der Waals surface area contributed by atoms with Crippen LogP contribution in [-0.4, -0.2) is 59.8 Å². The topological polar surface area (TPSA) is 113 Å². The van der Waals surface area contributed by atoms with Gasteiger partial charge in [0.25, 0.3) is 5.56 Å². The molecule has 0 spiro atoms. The Morgan fingerprint density at radius 3 is 2.88 bits per heavy atom. The lowest BCUT2D eigenvalue weighted by atomic mass is 9.84. The van der Waals surface area contributed by atoms with Crippen molar-refractivity contribution in [1.82, 2.24) is 34.3 Å². The van der Waals surface area contributed by atoms with E-state index in [2.05, 4.69) is 44.2 Å². The third kappa shape index (κ3) is 3.39. The molecule has 5 aromatic rings. The van der Waals surface area contributed by atoms with Gasteiger partial charge in [-0.1, -0.05) is 13.8 Å². The number of hydrogen-bond acceptors (Lipinski definition) is 7. The van der Waals surface area contributed by atoms with E-state index >= 15 is 0 Å². The predicted molar refractivity (Wildman–Crippen MR) is 132 cm³/mol. The lowest BCUT2D eigenvalue weighted by molar-refractivity contribution is -0.120. The Bertz CT molecular complexity index is 1630. The van der Waals surface area contributed by atoms with Gasteiger partial charge in [0, 0.05) is 32.0 Å². The SMILES string of the molecule is CCn1nccc1-c1cn2nc3c4ncc(NC(=O)CN5CC(C)(C)C5)cc4[nH]c(=O)c3c2s1. The molecule has 1 fully saturated rings. The van der Waals surface area contributed by atoms with E-state index in [9.17, 15) is 9.59 Å². The molecular weight excluding hydrogens is 452 g/mol. The van der Waals surface area contributed by atoms with Crippen molar-refractivity contribution < 1.29 is 4.79 Å². The highest BCUT2D eigenvalue weighted by molar-refractivity contribution is 7.21. The van der Waals surface area contributed by atoms with Gasteiger partial charge in [-0.15, -0.1) is 11.3 Å². The van der Waals surface area contributed by atoms with Crippen molar-refractivity contribution >= 4 is 49.7 Å². The highest BCUT2D eigenvalue weighted by Crippen LogP contribution is 2.33. The summed E-state index contributed by atoms with van der Waals surface area (Å²) in [6.45, 7) is 9.32. The van der Waals surface area contributed by atoms with Gasteiger partial charge in [0.2, 0.25) is 5.91 Å². The number of likely N-dealkylation sites (tertiary alicyclic amines) is 1. The molecule has 34 heavy (non-hydrogen) atoms. The minimum atomic E-state index is -0.233. The van der Waals surface area contributed by atoms with Crippen LogP contribution in [0.25, 0.3) is 37.3 Å². The highest BCUT2D eigenvalue weighted by atomic mass is 32.1. The zero-order valence-electron chi connectivity index (χ0n) is 19.1. The lowest BCUT2D eigenvalue weighted by Crippen LogP contribution is -2.54. The molecule has 0 aliphatic carbocycles. The van der Waals surface area contributed by atoms with E-state index in [1.54, 1.807) is 23.0 Å². The van der Waals surface area contributed by atoms with E-state index in [1.165, 1.54) is 11.3 Å². The highest BCUT2D eigenvalue weighted by Gasteiger charge is 2.34. The number of aromatic nitrogens is 6. The molecule has 5 aromatic heterocycles. The Kier molecular flexibility index (Phi) is 4.61. The second-order valence-electron chi connectivity index (χ2n) is 9.53. The summed E-state index contributed by atoms with van der Waals surface area (Å²) in [5.41, 5.74) is 3.24. The summed E-state index contributed by atoms with van der Waals surface area (Å²) in [6, 6.07) is 3.69. The maximum atomic E-state index is 13.0. The molecule has 1 aliphatic rings. The van der Waals surface area contributed by atoms with Gasteiger partial charge >= 0.3 is 0 Å². The Labute approximate surface area is 198 Å². The van der Waals surface area contributed by atoms with Gasteiger partial charge in [-0.2, -0.15) is 10.2 Å². The van der Waals surface area contributed by atoms with E-state index in [0.717, 1.165) is 35.0 Å². The summed E-state index contributed by atoms with van der Waals surface area (Å²) in [6.07, 6.45) is 5.29. The van der Waals surface area contributed by atoms with Crippen LogP contribution in [0.3, 0.4) is 0 Å². The molecule has 1 amide bonds. The van der Waals surface area contributed by atoms with Crippen molar-refractivity contribution in [2.45, 2.75) is 27.3 Å². The molecule has 174 valence electrons. The van der Waals surface area contributed by atoms with Gasteiger partial charge < -0.3 is 10.3 Å². The number of pyridine rings is 2. The summed E-state index contributed by atoms with van der Waals surface area (Å²) < 4.78 is 3.64. The fourth-order valence-electron chi connectivity index (χ4n) is 4.81. The summed E-state index contributed by atoms with van der Waals surface area (Å²) in [5.74, 6) is -0.0959. The van der Waals surface area contributed by atoms with Gasteiger partial charge in [-0.25, -0.2) is 4.52 Å². The molecule has 0 radical (unpaired) electrons. The van der Waals surface area contributed by atoms with E-state index in [0.29, 0.717) is 34.2 Å². The first-order chi connectivity index (χ1) is 16.3. The molecule has 1 saturated heterocycles. The zero-order chi connectivity index (χ0) is 23.6. The first-order valence-corrected chi connectivity index (χ1v) is 12.0. The van der Waals surface area contributed by atoms with E-state index < -0.39 is 0 Å². The fourth-order valence-corrected chi connectivity index (χ4v) is 5.93. The number of H-pyrrole nitrogens is 1. The van der Waals surface area contributed by atoms with Crippen LogP contribution in [0.15, 0.2) is 35.5 Å². The Morgan fingerprint density at radius 2 is 2.12 bits per heavy atom. The van der Waals surface area contributed by atoms with Gasteiger partial charge in [-0.3, -0.25) is 24.2 Å². The van der Waals surface area contributed by atoms with Crippen LogP contribution < -0.4 is 10.9 Å². The summed E-state index contributed by atoms with van der Waals surface area (Å²) in [5, 5.41) is 12.4. The van der Waals surface area contributed by atoms with Crippen LogP contribution in [0.2, 0.25) is 0 Å². The standard InChI is InChI=1S/C23H24N8O2S/c1-4-30-15(5-6-25-30)16-9-31-22(34-16)18-20(28-31)19-14(27-21(18)33)7-13(8-24-19)26-17(32)10-29-11-23(2,3)12-29/h5-9H,4,10-12H2,1-3H3,(H,26,32)(H,27,33). The van der Waals surface area contributed by atoms with E-state index in [4.69, 9.17) is 0 Å². The van der Waals surface area contributed by atoms with Crippen molar-refractivity contribution in [3.63, 3.8) is 0 Å². The molecule has 2 N–H and O–H groups in total. The molecular formula is C23H24N8O2S. The van der Waals surface area contributed by atoms with Crippen LogP contribution >= 0.6 is 11.3 Å². The summed E-state index contributed by atoms with van der Waals surface area (Å²) >= 11 is 1.50. The summed E-state index contributed by atoms with van der Waals surface area (Å²) in [7, 11) is 0. The Hall–Kier alpha value is -3.57. The molecule has 11 heteroatoms. The monoisotopic (exact) mass is 476 g/mol. The number of nitrogens with one attached hydrogen (secondary N) is 2. The smallest absolute Gasteiger partial charge is 0.261 e. The molecule has 0 unspecified atom stereocenters. The van der Waals surface area contributed by atoms with Crippen molar-refractivity contribution in [2.75, 3.05) is 25.0 Å². The number of fused-ring (bicyclic) bond motifs is 5. The largest absolute Gasteiger partial charge is 0.324 e. The van der Waals surface area contributed by atoms with Gasteiger partial charge in [0.15, 0.2) is 0 Å². The number of rotatable bonds is 5. The van der Waals surface area contributed by atoms with E-state index in [-0.39, 0.29) is 16.9 Å². The number of aryl methyl sites for hydroxylation is 1. The maximum absolute atomic E-state index is 13.0. The van der Waals surface area contributed by atoms with E-state index in [1.807, 2.05) is 23.9 Å². The second kappa shape index (κ2) is 7.47. The minimum Gasteiger partial charge on any atom is -0.324 e. The van der Waals surface area contributed by atoms with Gasteiger partial charge in [0.05, 0.1) is 34.5 Å². The van der Waals surface area contributed by atoms with Crippen molar-refractivity contribution in [2.24, 2.45) is 5.41 Å². The zero-order valence-corrected chi connectivity index (χ0v) is 19.9. The van der Waals surface area contributed by atoms with Crippen LogP contribution in [-0.2, 0) is 11.3 Å². The van der Waals surface area contributed by atoms with Gasteiger partial charge in [-0.05, 0) is 24.5 Å². The maximum Gasteiger partial charge on any atom is 0.261 e. The van der Waals surface area contributed by atoms with Crippen LogP contribution in [0.4, 0.5) is 5.69 Å². The number of nitrogens with zero attached hydrogens (tertiary/aromatic N) is 6. The number of carbonyl (C=O) groups is 1. The normalized spacial score (nSPS) is 15.9. The fraction of sp³-hybridized carbons (Fsp3) is 0.348. The molecule has 10 nitrogen and oxygen atoms in total. The molecule has 0 atom stereocenters. The first kappa shape index (κ1) is 21.0. The molecule has 0 saturated carbocycles. The number of hydrogen-bond donors (Lipinski definition) is 2. The molecule has 0 bridgehead atoms. The molecule has 0 aromatic carbocycles. The number of carbonyl (C=O) groups excluding carboxylic acids is 1. The molecule has 6 rings (SSSR count). The van der Waals surface area contributed by atoms with Crippen molar-refractivity contribution in [3.8, 4) is 10.6 Å². The van der Waals surface area contributed by atoms with Crippen LogP contribution in [0.5, 0.6) is 0 Å². The molecule has 6 heterocycles.